The number of amides is 1. The van der Waals surface area contributed by atoms with Crippen molar-refractivity contribution in [1.29, 1.82) is 0 Å². The smallest absolute Gasteiger partial charge is 0.274 e. The number of aromatic nitrogens is 3. The van der Waals surface area contributed by atoms with Crippen molar-refractivity contribution < 1.29 is 4.79 Å². The third-order valence-corrected chi connectivity index (χ3v) is 3.28. The van der Waals surface area contributed by atoms with E-state index in [1.807, 2.05) is 12.3 Å². The Morgan fingerprint density at radius 3 is 2.82 bits per heavy atom. The molecule has 0 atom stereocenters. The van der Waals surface area contributed by atoms with E-state index >= 15 is 0 Å². The van der Waals surface area contributed by atoms with E-state index in [1.165, 1.54) is 6.20 Å². The van der Waals surface area contributed by atoms with Gasteiger partial charge in [-0.1, -0.05) is 0 Å². The summed E-state index contributed by atoms with van der Waals surface area (Å²) in [5, 5.41) is 10.0. The highest BCUT2D eigenvalue weighted by Gasteiger charge is 2.12. The lowest BCUT2D eigenvalue weighted by molar-refractivity contribution is 0.102. The van der Waals surface area contributed by atoms with Gasteiger partial charge in [0.15, 0.2) is 0 Å². The lowest BCUT2D eigenvalue weighted by Gasteiger charge is -2.03. The van der Waals surface area contributed by atoms with Crippen molar-refractivity contribution in [2.24, 2.45) is 0 Å². The van der Waals surface area contributed by atoms with Crippen molar-refractivity contribution in [3.63, 3.8) is 0 Å². The Kier molecular flexibility index (Phi) is 3.80. The minimum Gasteiger partial charge on any atom is -0.319 e. The molecule has 0 spiro atoms. The predicted octanol–water partition coefficient (Wildman–Crippen LogP) is 2.54. The van der Waals surface area contributed by atoms with Gasteiger partial charge in [0.05, 0.1) is 27.6 Å². The Morgan fingerprint density at radius 1 is 1.47 bits per heavy atom. The van der Waals surface area contributed by atoms with Crippen LogP contribution in [-0.4, -0.2) is 27.3 Å². The molecule has 0 radical (unpaired) electrons. The molecule has 17 heavy (non-hydrogen) atoms. The molecule has 0 aliphatic heterocycles. The summed E-state index contributed by atoms with van der Waals surface area (Å²) in [6.07, 6.45) is 5.10. The fraction of sp³-hybridized carbons (Fsp3) is 0.100. The second-order valence-electron chi connectivity index (χ2n) is 3.14. The van der Waals surface area contributed by atoms with Crippen molar-refractivity contribution in [3.05, 3.63) is 34.7 Å². The maximum absolute atomic E-state index is 11.8. The molecule has 2 aromatic rings. The lowest BCUT2D eigenvalue weighted by atomic mass is 10.3. The van der Waals surface area contributed by atoms with E-state index in [0.29, 0.717) is 15.9 Å². The number of halogens is 1. The largest absolute Gasteiger partial charge is 0.319 e. The van der Waals surface area contributed by atoms with Crippen LogP contribution in [0.2, 0.25) is 0 Å². The van der Waals surface area contributed by atoms with Gasteiger partial charge in [0.2, 0.25) is 0 Å². The van der Waals surface area contributed by atoms with Crippen molar-refractivity contribution in [2.75, 3.05) is 11.6 Å². The number of rotatable bonds is 3. The molecule has 0 fully saturated rings. The van der Waals surface area contributed by atoms with Crippen molar-refractivity contribution in [3.8, 4) is 0 Å². The fourth-order valence-electron chi connectivity index (χ4n) is 1.20. The first-order valence-corrected chi connectivity index (χ1v) is 6.72. The highest BCUT2D eigenvalue weighted by molar-refractivity contribution is 9.10. The minimum absolute atomic E-state index is 0.256. The normalized spacial score (nSPS) is 10.2. The molecule has 0 aliphatic rings. The summed E-state index contributed by atoms with van der Waals surface area (Å²) in [5.74, 6) is -0.256. The van der Waals surface area contributed by atoms with E-state index in [1.54, 1.807) is 24.0 Å². The maximum atomic E-state index is 11.8. The second-order valence-corrected chi connectivity index (χ2v) is 4.82. The first kappa shape index (κ1) is 12.1. The summed E-state index contributed by atoms with van der Waals surface area (Å²) in [7, 11) is 0. The number of hydrogen-bond donors (Lipinski definition) is 2. The third-order valence-electron chi connectivity index (χ3n) is 2.02. The minimum atomic E-state index is -0.256. The van der Waals surface area contributed by atoms with E-state index in [0.717, 1.165) is 5.03 Å². The molecule has 0 unspecified atom stereocenters. The van der Waals surface area contributed by atoms with Gasteiger partial charge in [0.25, 0.3) is 5.91 Å². The molecule has 0 aliphatic carbocycles. The van der Waals surface area contributed by atoms with Crippen LogP contribution in [0.15, 0.2) is 34.0 Å². The van der Waals surface area contributed by atoms with E-state index < -0.39 is 0 Å². The van der Waals surface area contributed by atoms with Gasteiger partial charge in [-0.05, 0) is 34.3 Å². The zero-order chi connectivity index (χ0) is 12.3. The predicted molar refractivity (Wildman–Crippen MR) is 70.3 cm³/mol. The van der Waals surface area contributed by atoms with E-state index in [9.17, 15) is 4.79 Å². The quantitative estimate of drug-likeness (QED) is 0.854. The number of aromatic amines is 1. The average Bonchev–Trinajstić information content (AvgIpc) is 2.76. The number of nitrogens with zero attached hydrogens (tertiary/aromatic N) is 2. The number of carbonyl (C=O) groups excluding carboxylic acids is 1. The van der Waals surface area contributed by atoms with Crippen LogP contribution in [-0.2, 0) is 0 Å². The molecule has 0 saturated heterocycles. The molecule has 7 heteroatoms. The van der Waals surface area contributed by atoms with Crippen LogP contribution >= 0.6 is 27.7 Å². The molecule has 2 aromatic heterocycles. The Hall–Kier alpha value is -1.34. The summed E-state index contributed by atoms with van der Waals surface area (Å²) in [4.78, 5) is 16.0. The van der Waals surface area contributed by atoms with Gasteiger partial charge >= 0.3 is 0 Å². The summed E-state index contributed by atoms with van der Waals surface area (Å²) in [6, 6.07) is 3.66. The molecule has 88 valence electrons. The SMILES string of the molecule is CSc1ccc(NC(=O)c2[nH]ncc2Br)cn1. The van der Waals surface area contributed by atoms with Crippen LogP contribution < -0.4 is 5.32 Å². The van der Waals surface area contributed by atoms with Crippen LogP contribution in [0.25, 0.3) is 0 Å². The lowest BCUT2D eigenvalue weighted by Crippen LogP contribution is -2.13. The van der Waals surface area contributed by atoms with E-state index in [4.69, 9.17) is 0 Å². The molecule has 0 aromatic carbocycles. The number of H-pyrrole nitrogens is 1. The summed E-state index contributed by atoms with van der Waals surface area (Å²) >= 11 is 4.78. The molecule has 0 bridgehead atoms. The van der Waals surface area contributed by atoms with E-state index in [-0.39, 0.29) is 5.91 Å². The number of thioether (sulfide) groups is 1. The van der Waals surface area contributed by atoms with Gasteiger partial charge in [0, 0.05) is 0 Å². The van der Waals surface area contributed by atoms with Crippen LogP contribution in [0.5, 0.6) is 0 Å². The Balaban J connectivity index is 2.10. The Labute approximate surface area is 111 Å². The average molecular weight is 313 g/mol. The highest BCUT2D eigenvalue weighted by atomic mass is 79.9. The molecule has 5 nitrogen and oxygen atoms in total. The monoisotopic (exact) mass is 312 g/mol. The third kappa shape index (κ3) is 2.86. The Morgan fingerprint density at radius 2 is 2.29 bits per heavy atom. The number of carbonyl (C=O) groups is 1. The highest BCUT2D eigenvalue weighted by Crippen LogP contribution is 2.17. The zero-order valence-electron chi connectivity index (χ0n) is 8.90. The number of anilines is 1. The first-order chi connectivity index (χ1) is 8.20. The van der Waals surface area contributed by atoms with Crippen LogP contribution in [0.4, 0.5) is 5.69 Å². The fourth-order valence-corrected chi connectivity index (χ4v) is 1.93. The molecule has 1 amide bonds. The number of pyridine rings is 1. The Bertz CT molecular complexity index is 525. The van der Waals surface area contributed by atoms with Gasteiger partial charge in [0.1, 0.15) is 5.69 Å². The van der Waals surface area contributed by atoms with Gasteiger partial charge in [-0.25, -0.2) is 4.98 Å². The van der Waals surface area contributed by atoms with Crippen LogP contribution in [0, 0.1) is 0 Å². The van der Waals surface area contributed by atoms with Crippen molar-refractivity contribution in [2.45, 2.75) is 5.03 Å². The summed E-state index contributed by atoms with van der Waals surface area (Å²) < 4.78 is 0.628. The zero-order valence-corrected chi connectivity index (χ0v) is 11.3. The number of nitrogens with one attached hydrogen (secondary N) is 2. The molecule has 2 rings (SSSR count). The summed E-state index contributed by atoms with van der Waals surface area (Å²) in [6.45, 7) is 0. The van der Waals surface area contributed by atoms with Gasteiger partial charge in [-0.2, -0.15) is 5.10 Å². The standard InChI is InChI=1S/C10H9BrN4OS/c1-17-8-3-2-6(4-12-8)14-10(16)9-7(11)5-13-15-9/h2-5H,1H3,(H,13,15)(H,14,16). The topological polar surface area (TPSA) is 70.7 Å². The molecule has 2 N–H and O–H groups in total. The number of hydrogen-bond acceptors (Lipinski definition) is 4. The first-order valence-electron chi connectivity index (χ1n) is 4.71. The van der Waals surface area contributed by atoms with Gasteiger partial charge in [-0.15, -0.1) is 11.8 Å². The second kappa shape index (κ2) is 5.33. The van der Waals surface area contributed by atoms with Gasteiger partial charge in [-0.3, -0.25) is 9.89 Å². The van der Waals surface area contributed by atoms with Crippen molar-refractivity contribution in [1.82, 2.24) is 15.2 Å². The van der Waals surface area contributed by atoms with E-state index in [2.05, 4.69) is 36.4 Å². The van der Waals surface area contributed by atoms with Crippen LogP contribution in [0.3, 0.4) is 0 Å². The summed E-state index contributed by atoms with van der Waals surface area (Å²) in [5.41, 5.74) is 1.04. The molecule has 2 heterocycles. The molecular weight excluding hydrogens is 304 g/mol. The maximum Gasteiger partial charge on any atom is 0.274 e. The molecular formula is C10H9BrN4OS. The van der Waals surface area contributed by atoms with Gasteiger partial charge < -0.3 is 5.32 Å². The van der Waals surface area contributed by atoms with Crippen LogP contribution in [0.1, 0.15) is 10.5 Å². The van der Waals surface area contributed by atoms with Crippen molar-refractivity contribution >= 4 is 39.3 Å². The molecule has 0 saturated carbocycles.